The molecule has 0 heterocycles. The molecule has 0 aromatic heterocycles. The molecule has 1 atom stereocenters. The third kappa shape index (κ3) is 6.32. The summed E-state index contributed by atoms with van der Waals surface area (Å²) in [4.78, 5) is 0. The van der Waals surface area contributed by atoms with Crippen LogP contribution in [0.4, 0.5) is 0 Å². The number of hydrogen-bond acceptors (Lipinski definition) is 2. The summed E-state index contributed by atoms with van der Waals surface area (Å²) in [5, 5.41) is 2.91. The van der Waals surface area contributed by atoms with Gasteiger partial charge in [-0.2, -0.15) is 0 Å². The Kier molecular flexibility index (Phi) is 6.88. The van der Waals surface area contributed by atoms with Gasteiger partial charge in [0.25, 0.3) is 0 Å². The summed E-state index contributed by atoms with van der Waals surface area (Å²) in [6, 6.07) is 0. The van der Waals surface area contributed by atoms with Crippen LogP contribution in [0.25, 0.3) is 0 Å². The summed E-state index contributed by atoms with van der Waals surface area (Å²) in [6.45, 7) is 6.51. The van der Waals surface area contributed by atoms with E-state index in [1.807, 2.05) is 28.5 Å². The highest BCUT2D eigenvalue weighted by Gasteiger charge is 1.95. The quantitative estimate of drug-likeness (QED) is 0.578. The van der Waals surface area contributed by atoms with E-state index in [1.165, 1.54) is 6.42 Å². The molecular formula is C7H14S2. The molecule has 0 fully saturated rings. The van der Waals surface area contributed by atoms with E-state index in [0.717, 1.165) is 5.25 Å². The van der Waals surface area contributed by atoms with E-state index in [9.17, 15) is 0 Å². The van der Waals surface area contributed by atoms with Gasteiger partial charge in [-0.3, -0.25) is 0 Å². The molecule has 0 rings (SSSR count). The molecule has 0 spiro atoms. The van der Waals surface area contributed by atoms with Crippen LogP contribution in [0.1, 0.15) is 27.2 Å². The fourth-order valence-corrected chi connectivity index (χ4v) is 2.25. The molecule has 0 unspecified atom stereocenters. The highest BCUT2D eigenvalue weighted by molar-refractivity contribution is 8.78. The van der Waals surface area contributed by atoms with Crippen LogP contribution in [-0.4, -0.2) is 5.25 Å². The SMILES string of the molecule is C/C=C/SS[C@H](C)CC. The number of hydrogen-bond donors (Lipinski definition) is 0. The van der Waals surface area contributed by atoms with E-state index in [4.69, 9.17) is 0 Å². The predicted octanol–water partition coefficient (Wildman–Crippen LogP) is 3.70. The first kappa shape index (κ1) is 9.44. The van der Waals surface area contributed by atoms with E-state index in [0.29, 0.717) is 0 Å². The molecule has 0 aliphatic carbocycles. The Hall–Kier alpha value is 0.440. The molecule has 0 aromatic rings. The third-order valence-electron chi connectivity index (χ3n) is 0.986. The van der Waals surface area contributed by atoms with Gasteiger partial charge in [-0.05, 0) is 18.8 Å². The average molecular weight is 162 g/mol. The molecule has 0 aliphatic rings. The normalized spacial score (nSPS) is 14.6. The summed E-state index contributed by atoms with van der Waals surface area (Å²) in [6.07, 6.45) is 3.33. The first-order chi connectivity index (χ1) is 4.31. The molecule has 0 bridgehead atoms. The van der Waals surface area contributed by atoms with Crippen LogP contribution in [-0.2, 0) is 0 Å². The first-order valence-electron chi connectivity index (χ1n) is 3.24. The van der Waals surface area contributed by atoms with Crippen molar-refractivity contribution in [2.45, 2.75) is 32.4 Å². The smallest absolute Gasteiger partial charge is 0.0123 e. The van der Waals surface area contributed by atoms with E-state index in [-0.39, 0.29) is 0 Å². The zero-order valence-corrected chi connectivity index (χ0v) is 7.89. The zero-order valence-electron chi connectivity index (χ0n) is 6.26. The fourth-order valence-electron chi connectivity index (χ4n) is 0.251. The monoisotopic (exact) mass is 162 g/mol. The van der Waals surface area contributed by atoms with Gasteiger partial charge < -0.3 is 0 Å². The number of rotatable bonds is 4. The molecular weight excluding hydrogens is 148 g/mol. The lowest BCUT2D eigenvalue weighted by molar-refractivity contribution is 0.912. The van der Waals surface area contributed by atoms with Crippen molar-refractivity contribution in [3.8, 4) is 0 Å². The van der Waals surface area contributed by atoms with E-state index >= 15 is 0 Å². The average Bonchev–Trinajstić information content (AvgIpc) is 1.89. The Balaban J connectivity index is 3.06. The Bertz CT molecular complexity index is 79.0. The van der Waals surface area contributed by atoms with Crippen molar-refractivity contribution >= 4 is 21.6 Å². The van der Waals surface area contributed by atoms with Crippen LogP contribution in [0.15, 0.2) is 11.5 Å². The van der Waals surface area contributed by atoms with Crippen molar-refractivity contribution in [1.29, 1.82) is 0 Å². The van der Waals surface area contributed by atoms with Crippen LogP contribution < -0.4 is 0 Å². The van der Waals surface area contributed by atoms with Crippen LogP contribution in [0.2, 0.25) is 0 Å². The van der Waals surface area contributed by atoms with Crippen LogP contribution in [0.3, 0.4) is 0 Å². The Morgan fingerprint density at radius 3 is 2.67 bits per heavy atom. The molecule has 0 amide bonds. The highest BCUT2D eigenvalue weighted by Crippen LogP contribution is 2.28. The van der Waals surface area contributed by atoms with Crippen molar-refractivity contribution in [2.75, 3.05) is 0 Å². The lowest BCUT2D eigenvalue weighted by Crippen LogP contribution is -1.86. The third-order valence-corrected chi connectivity index (χ3v) is 3.79. The van der Waals surface area contributed by atoms with Gasteiger partial charge in [0.1, 0.15) is 0 Å². The van der Waals surface area contributed by atoms with Crippen LogP contribution in [0, 0.1) is 0 Å². The Morgan fingerprint density at radius 1 is 1.56 bits per heavy atom. The molecule has 54 valence electrons. The van der Waals surface area contributed by atoms with Gasteiger partial charge in [0.2, 0.25) is 0 Å². The highest BCUT2D eigenvalue weighted by atomic mass is 33.1. The standard InChI is InChI=1S/C7H14S2/c1-4-6-8-9-7(3)5-2/h4,6-7H,5H2,1-3H3/b6-4+/t7-/m1/s1. The first-order valence-corrected chi connectivity index (χ1v) is 5.52. The van der Waals surface area contributed by atoms with Gasteiger partial charge in [-0.15, -0.1) is 0 Å². The Labute approximate surface area is 65.9 Å². The molecule has 0 aromatic carbocycles. The summed E-state index contributed by atoms with van der Waals surface area (Å²) in [5.74, 6) is 0. The predicted molar refractivity (Wildman–Crippen MR) is 49.7 cm³/mol. The fraction of sp³-hybridized carbons (Fsp3) is 0.714. The van der Waals surface area contributed by atoms with Crippen molar-refractivity contribution in [3.63, 3.8) is 0 Å². The largest absolute Gasteiger partial charge is 0.0864 e. The van der Waals surface area contributed by atoms with Crippen molar-refractivity contribution < 1.29 is 0 Å². The number of allylic oxidation sites excluding steroid dienone is 1. The van der Waals surface area contributed by atoms with Crippen LogP contribution >= 0.6 is 21.6 Å². The molecule has 9 heavy (non-hydrogen) atoms. The van der Waals surface area contributed by atoms with E-state index < -0.39 is 0 Å². The molecule has 0 saturated carbocycles. The summed E-state index contributed by atoms with van der Waals surface area (Å²) >= 11 is 0. The molecule has 0 radical (unpaired) electrons. The van der Waals surface area contributed by atoms with Gasteiger partial charge >= 0.3 is 0 Å². The summed E-state index contributed by atoms with van der Waals surface area (Å²) in [5.41, 5.74) is 0. The Morgan fingerprint density at radius 2 is 2.22 bits per heavy atom. The van der Waals surface area contributed by atoms with Crippen molar-refractivity contribution in [2.24, 2.45) is 0 Å². The van der Waals surface area contributed by atoms with Crippen LogP contribution in [0.5, 0.6) is 0 Å². The lowest BCUT2D eigenvalue weighted by Gasteiger charge is -2.02. The zero-order chi connectivity index (χ0) is 7.11. The van der Waals surface area contributed by atoms with Gasteiger partial charge in [-0.1, -0.05) is 41.5 Å². The molecule has 0 nitrogen and oxygen atoms in total. The van der Waals surface area contributed by atoms with Crippen molar-refractivity contribution in [3.05, 3.63) is 11.5 Å². The van der Waals surface area contributed by atoms with E-state index in [1.54, 1.807) is 0 Å². The summed E-state index contributed by atoms with van der Waals surface area (Å²) < 4.78 is 0. The van der Waals surface area contributed by atoms with Gasteiger partial charge in [-0.25, -0.2) is 0 Å². The maximum atomic E-state index is 2.25. The lowest BCUT2D eigenvalue weighted by atomic mass is 10.4. The van der Waals surface area contributed by atoms with Gasteiger partial charge in [0.15, 0.2) is 0 Å². The molecule has 2 heteroatoms. The minimum Gasteiger partial charge on any atom is -0.0864 e. The van der Waals surface area contributed by atoms with Gasteiger partial charge in [0, 0.05) is 5.25 Å². The maximum Gasteiger partial charge on any atom is 0.0123 e. The summed E-state index contributed by atoms with van der Waals surface area (Å²) in [7, 11) is 3.75. The molecule has 0 saturated heterocycles. The molecule has 0 aliphatic heterocycles. The maximum absolute atomic E-state index is 2.25. The van der Waals surface area contributed by atoms with Crippen molar-refractivity contribution in [1.82, 2.24) is 0 Å². The second-order valence-electron chi connectivity index (χ2n) is 1.88. The minimum absolute atomic E-state index is 0.784. The minimum atomic E-state index is 0.784. The molecule has 0 N–H and O–H groups in total. The van der Waals surface area contributed by atoms with Gasteiger partial charge in [0.05, 0.1) is 0 Å². The van der Waals surface area contributed by atoms with E-state index in [2.05, 4.69) is 25.3 Å². The second-order valence-corrected chi connectivity index (χ2v) is 4.50. The second kappa shape index (κ2) is 6.56. The topological polar surface area (TPSA) is 0 Å².